The molecule has 0 unspecified atom stereocenters. The number of benzene rings is 2. The van der Waals surface area contributed by atoms with Crippen molar-refractivity contribution in [2.24, 2.45) is 0 Å². The molecule has 1 aliphatic rings. The van der Waals surface area contributed by atoms with Crippen LogP contribution in [0, 0.1) is 5.82 Å². The van der Waals surface area contributed by atoms with Crippen LogP contribution in [0.25, 0.3) is 16.7 Å². The van der Waals surface area contributed by atoms with E-state index in [-0.39, 0.29) is 4.90 Å². The number of aromatic amines is 1. The van der Waals surface area contributed by atoms with E-state index in [0.29, 0.717) is 41.9 Å². The summed E-state index contributed by atoms with van der Waals surface area (Å²) in [6.07, 6.45) is 5.81. The predicted molar refractivity (Wildman–Crippen MR) is 125 cm³/mol. The van der Waals surface area contributed by atoms with Crippen LogP contribution in [0.15, 0.2) is 76.9 Å². The summed E-state index contributed by atoms with van der Waals surface area (Å²) in [5.74, 6) is -0.416. The predicted octanol–water partition coefficient (Wildman–Crippen LogP) is 2.24. The average Bonchev–Trinajstić information content (AvgIpc) is 3.50. The van der Waals surface area contributed by atoms with Crippen molar-refractivity contribution >= 4 is 26.7 Å². The molecule has 0 radical (unpaired) electrons. The topological polar surface area (TPSA) is 119 Å². The molecule has 176 valence electrons. The summed E-state index contributed by atoms with van der Waals surface area (Å²) in [6.45, 7) is 1.04. The van der Waals surface area contributed by atoms with Crippen LogP contribution >= 0.6 is 0 Å². The Labute approximate surface area is 198 Å². The molecule has 35 heavy (non-hydrogen) atoms. The van der Waals surface area contributed by atoms with Gasteiger partial charge in [-0.15, -0.1) is 0 Å². The molecule has 2 aromatic carbocycles. The highest BCUT2D eigenvalue weighted by Gasteiger charge is 2.28. The molecule has 5 aromatic rings. The normalized spacial score (nSPS) is 13.8. The van der Waals surface area contributed by atoms with Gasteiger partial charge in [-0.2, -0.15) is 22.7 Å². The molecule has 4 heterocycles. The molecule has 0 saturated heterocycles. The smallest absolute Gasteiger partial charge is 0.283 e. The third-order valence-corrected chi connectivity index (χ3v) is 7.63. The van der Waals surface area contributed by atoms with E-state index in [1.54, 1.807) is 12.3 Å². The zero-order valence-corrected chi connectivity index (χ0v) is 19.0. The number of rotatable bonds is 4. The average molecular weight is 492 g/mol. The van der Waals surface area contributed by atoms with Gasteiger partial charge in [-0.25, -0.2) is 14.1 Å². The highest BCUT2D eigenvalue weighted by atomic mass is 32.2. The Morgan fingerprint density at radius 1 is 0.971 bits per heavy atom. The lowest BCUT2D eigenvalue weighted by Gasteiger charge is -2.29. The zero-order valence-electron chi connectivity index (χ0n) is 18.2. The fraction of sp³-hybridized carbons (Fsp3) is 0.130. The lowest BCUT2D eigenvalue weighted by Crippen LogP contribution is -2.32. The SMILES string of the molecule is O=c1cnc2ccc(S(=O)(=O)n3ncc4c3CN(c3ccc(-n5cc(F)cn5)cc3)CC4)cc2[nH]1. The number of anilines is 1. The van der Waals surface area contributed by atoms with Gasteiger partial charge in [0.25, 0.3) is 15.6 Å². The number of aromatic nitrogens is 6. The Balaban J connectivity index is 1.32. The summed E-state index contributed by atoms with van der Waals surface area (Å²) in [6, 6.07) is 11.8. The molecule has 12 heteroatoms. The Kier molecular flexibility index (Phi) is 4.78. The lowest BCUT2D eigenvalue weighted by atomic mass is 10.1. The van der Waals surface area contributed by atoms with E-state index in [1.165, 1.54) is 23.0 Å². The van der Waals surface area contributed by atoms with Crippen molar-refractivity contribution in [1.82, 2.24) is 28.9 Å². The third kappa shape index (κ3) is 3.67. The van der Waals surface area contributed by atoms with E-state index in [1.807, 2.05) is 24.3 Å². The van der Waals surface area contributed by atoms with Crippen molar-refractivity contribution < 1.29 is 12.8 Å². The number of nitrogens with zero attached hydrogens (tertiary/aromatic N) is 6. The van der Waals surface area contributed by atoms with Gasteiger partial charge in [-0.3, -0.25) is 4.79 Å². The van der Waals surface area contributed by atoms with E-state index >= 15 is 0 Å². The molecular weight excluding hydrogens is 473 g/mol. The molecule has 0 atom stereocenters. The van der Waals surface area contributed by atoms with E-state index in [2.05, 4.69) is 25.1 Å². The third-order valence-electron chi connectivity index (χ3n) is 6.01. The molecule has 1 aliphatic heterocycles. The Hall–Kier alpha value is -4.32. The number of fused-ring (bicyclic) bond motifs is 2. The minimum Gasteiger partial charge on any atom is -0.365 e. The molecule has 0 fully saturated rings. The summed E-state index contributed by atoms with van der Waals surface area (Å²) < 4.78 is 42.7. The molecule has 10 nitrogen and oxygen atoms in total. The highest BCUT2D eigenvalue weighted by molar-refractivity contribution is 7.89. The first-order valence-corrected chi connectivity index (χ1v) is 12.2. The largest absolute Gasteiger partial charge is 0.365 e. The summed E-state index contributed by atoms with van der Waals surface area (Å²) in [5.41, 5.74) is 3.46. The Morgan fingerprint density at radius 3 is 2.54 bits per heavy atom. The van der Waals surface area contributed by atoms with Gasteiger partial charge >= 0.3 is 0 Å². The van der Waals surface area contributed by atoms with Gasteiger partial charge in [0.2, 0.25) is 0 Å². The quantitative estimate of drug-likeness (QED) is 0.410. The van der Waals surface area contributed by atoms with Crippen LogP contribution in [-0.2, 0) is 23.0 Å². The van der Waals surface area contributed by atoms with Crippen molar-refractivity contribution in [3.8, 4) is 5.69 Å². The van der Waals surface area contributed by atoms with Crippen molar-refractivity contribution in [1.29, 1.82) is 0 Å². The molecule has 0 bridgehead atoms. The van der Waals surface area contributed by atoms with Crippen molar-refractivity contribution in [2.45, 2.75) is 17.9 Å². The van der Waals surface area contributed by atoms with Crippen molar-refractivity contribution in [3.63, 3.8) is 0 Å². The number of halogens is 1. The van der Waals surface area contributed by atoms with E-state index in [4.69, 9.17) is 0 Å². The number of H-pyrrole nitrogens is 1. The summed E-state index contributed by atoms with van der Waals surface area (Å²) >= 11 is 0. The standard InChI is InChI=1S/C23H18FN7O3S/c24-16-11-26-30(13-16)18-3-1-17(2-4-18)29-8-7-15-10-27-31(22(15)14-29)35(33,34)19-5-6-20-21(9-19)28-23(32)12-25-20/h1-6,9-13H,7-8,14H2,(H,28,32). The van der Waals surface area contributed by atoms with Gasteiger partial charge in [-0.1, -0.05) is 0 Å². The number of hydrogen-bond donors (Lipinski definition) is 1. The maximum absolute atomic E-state index is 13.5. The molecule has 3 aromatic heterocycles. The Morgan fingerprint density at radius 2 is 1.77 bits per heavy atom. The van der Waals surface area contributed by atoms with Crippen molar-refractivity contribution in [2.75, 3.05) is 11.4 Å². The maximum atomic E-state index is 13.5. The highest BCUT2D eigenvalue weighted by Crippen LogP contribution is 2.28. The Bertz CT molecular complexity index is 1740. The van der Waals surface area contributed by atoms with Gasteiger partial charge in [0.15, 0.2) is 5.82 Å². The van der Waals surface area contributed by atoms with E-state index in [0.717, 1.165) is 27.7 Å². The first-order valence-electron chi connectivity index (χ1n) is 10.7. The molecule has 1 N–H and O–H groups in total. The minimum atomic E-state index is -4.01. The molecule has 6 rings (SSSR count). The maximum Gasteiger partial charge on any atom is 0.283 e. The van der Waals surface area contributed by atoms with E-state index < -0.39 is 21.4 Å². The number of nitrogens with one attached hydrogen (secondary N) is 1. The van der Waals surface area contributed by atoms with Gasteiger partial charge in [0, 0.05) is 12.2 Å². The second kappa shape index (κ2) is 7.87. The minimum absolute atomic E-state index is 0.00693. The van der Waals surface area contributed by atoms with Gasteiger partial charge in [0.1, 0.15) is 0 Å². The summed E-state index contributed by atoms with van der Waals surface area (Å²) in [7, 11) is -4.01. The second-order valence-electron chi connectivity index (χ2n) is 8.18. The van der Waals surface area contributed by atoms with Gasteiger partial charge in [0.05, 0.1) is 58.6 Å². The van der Waals surface area contributed by atoms with E-state index in [9.17, 15) is 17.6 Å². The first-order chi connectivity index (χ1) is 16.9. The summed E-state index contributed by atoms with van der Waals surface area (Å²) in [5, 5.41) is 8.16. The van der Waals surface area contributed by atoms with Crippen LogP contribution in [0.1, 0.15) is 11.3 Å². The van der Waals surface area contributed by atoms with Crippen LogP contribution in [0.2, 0.25) is 0 Å². The van der Waals surface area contributed by atoms with Gasteiger partial charge in [-0.05, 0) is 54.4 Å². The zero-order chi connectivity index (χ0) is 24.2. The van der Waals surface area contributed by atoms with Crippen molar-refractivity contribution in [3.05, 3.63) is 94.7 Å². The molecular formula is C23H18FN7O3S. The second-order valence-corrected chi connectivity index (χ2v) is 9.95. The first kappa shape index (κ1) is 21.2. The van der Waals surface area contributed by atoms with Crippen LogP contribution in [0.4, 0.5) is 10.1 Å². The summed E-state index contributed by atoms with van der Waals surface area (Å²) in [4.78, 5) is 20.3. The lowest BCUT2D eigenvalue weighted by molar-refractivity contribution is 0.573. The fourth-order valence-electron chi connectivity index (χ4n) is 4.24. The van der Waals surface area contributed by atoms with Crippen LogP contribution in [0.5, 0.6) is 0 Å². The monoisotopic (exact) mass is 491 g/mol. The van der Waals surface area contributed by atoms with Crippen LogP contribution < -0.4 is 10.5 Å². The molecule has 0 saturated carbocycles. The van der Waals surface area contributed by atoms with Crippen LogP contribution in [-0.4, -0.2) is 43.9 Å². The molecule has 0 amide bonds. The molecule has 0 spiro atoms. The molecule has 0 aliphatic carbocycles. The number of hydrogen-bond acceptors (Lipinski definition) is 7. The van der Waals surface area contributed by atoms with Crippen LogP contribution in [0.3, 0.4) is 0 Å². The van der Waals surface area contributed by atoms with Gasteiger partial charge < -0.3 is 9.88 Å². The fourth-order valence-corrected chi connectivity index (χ4v) is 5.59.